The van der Waals surface area contributed by atoms with Gasteiger partial charge in [0.15, 0.2) is 0 Å². The highest BCUT2D eigenvalue weighted by molar-refractivity contribution is 6.31. The molecular formula is C25H23Cl2N3O. The molecule has 3 aromatic rings. The minimum Gasteiger partial charge on any atom is -0.306 e. The zero-order valence-corrected chi connectivity index (χ0v) is 18.9. The van der Waals surface area contributed by atoms with E-state index in [1.807, 2.05) is 72.8 Å². The zero-order valence-electron chi connectivity index (χ0n) is 17.3. The minimum absolute atomic E-state index is 0.224. The van der Waals surface area contributed by atoms with Crippen molar-refractivity contribution in [2.24, 2.45) is 5.10 Å². The number of urea groups is 1. The van der Waals surface area contributed by atoms with Crippen molar-refractivity contribution in [3.8, 4) is 0 Å². The summed E-state index contributed by atoms with van der Waals surface area (Å²) in [5.74, 6) is 0.434. The smallest absolute Gasteiger partial charge is 0.306 e. The summed E-state index contributed by atoms with van der Waals surface area (Å²) in [6.07, 6.45) is 0.600. The fourth-order valence-electron chi connectivity index (χ4n) is 3.59. The van der Waals surface area contributed by atoms with Crippen molar-refractivity contribution in [3.05, 3.63) is 99.5 Å². The lowest BCUT2D eigenvalue weighted by Gasteiger charge is -2.22. The van der Waals surface area contributed by atoms with Gasteiger partial charge in [-0.3, -0.25) is 0 Å². The van der Waals surface area contributed by atoms with Gasteiger partial charge in [0.05, 0.1) is 11.8 Å². The number of hydrazone groups is 1. The maximum atomic E-state index is 13.2. The molecule has 3 aromatic carbocycles. The third kappa shape index (κ3) is 4.92. The van der Waals surface area contributed by atoms with Crippen LogP contribution >= 0.6 is 23.2 Å². The Hall–Kier alpha value is -2.82. The van der Waals surface area contributed by atoms with Crippen LogP contribution in [0.1, 0.15) is 48.9 Å². The number of benzene rings is 3. The Morgan fingerprint density at radius 3 is 2.10 bits per heavy atom. The van der Waals surface area contributed by atoms with Crippen molar-refractivity contribution in [2.45, 2.75) is 32.2 Å². The SMILES string of the molecule is CC(C)c1ccc(NC(=O)N2N=C(c3ccc(Cl)cc3)CC2c2ccc(Cl)cc2)cc1. The van der Waals surface area contributed by atoms with Crippen LogP contribution in [0.3, 0.4) is 0 Å². The van der Waals surface area contributed by atoms with Crippen molar-refractivity contribution >= 4 is 40.6 Å². The van der Waals surface area contributed by atoms with Crippen LogP contribution < -0.4 is 5.32 Å². The standard InChI is InChI=1S/C25H23Cl2N3O/c1-16(2)17-7-13-22(14-8-17)28-25(31)30-24(19-5-11-21(27)12-6-19)15-23(29-30)18-3-9-20(26)10-4-18/h3-14,16,24H,15H2,1-2H3,(H,28,31). The second-order valence-corrected chi connectivity index (χ2v) is 8.75. The monoisotopic (exact) mass is 451 g/mol. The van der Waals surface area contributed by atoms with Crippen LogP contribution in [0, 0.1) is 0 Å². The molecule has 0 saturated carbocycles. The lowest BCUT2D eigenvalue weighted by Crippen LogP contribution is -2.31. The number of carbonyl (C=O) groups is 1. The summed E-state index contributed by atoms with van der Waals surface area (Å²) in [4.78, 5) is 13.2. The van der Waals surface area contributed by atoms with Gasteiger partial charge in [0.25, 0.3) is 0 Å². The molecule has 0 radical (unpaired) electrons. The molecule has 6 heteroatoms. The van der Waals surface area contributed by atoms with E-state index in [0.29, 0.717) is 22.4 Å². The number of rotatable bonds is 4. The van der Waals surface area contributed by atoms with Crippen molar-refractivity contribution in [1.82, 2.24) is 5.01 Å². The summed E-state index contributed by atoms with van der Waals surface area (Å²) in [5.41, 5.74) is 4.71. The Bertz CT molecular complexity index is 1090. The molecule has 0 aromatic heterocycles. The first-order valence-corrected chi connectivity index (χ1v) is 11.0. The van der Waals surface area contributed by atoms with Crippen LogP contribution in [0.2, 0.25) is 10.0 Å². The van der Waals surface area contributed by atoms with Crippen LogP contribution in [0.4, 0.5) is 10.5 Å². The number of halogens is 2. The molecule has 1 atom stereocenters. The van der Waals surface area contributed by atoms with Crippen molar-refractivity contribution < 1.29 is 4.79 Å². The van der Waals surface area contributed by atoms with Crippen LogP contribution in [0.5, 0.6) is 0 Å². The van der Waals surface area contributed by atoms with Crippen LogP contribution in [0.25, 0.3) is 0 Å². The van der Waals surface area contributed by atoms with Gasteiger partial charge in [0.1, 0.15) is 0 Å². The summed E-state index contributed by atoms with van der Waals surface area (Å²) >= 11 is 12.1. The molecule has 158 valence electrons. The maximum Gasteiger partial charge on any atom is 0.342 e. The van der Waals surface area contributed by atoms with E-state index >= 15 is 0 Å². The molecule has 1 unspecified atom stereocenters. The van der Waals surface area contributed by atoms with Gasteiger partial charge in [0.2, 0.25) is 0 Å². The van der Waals surface area contributed by atoms with Crippen molar-refractivity contribution in [3.63, 3.8) is 0 Å². The van der Waals surface area contributed by atoms with E-state index in [4.69, 9.17) is 23.2 Å². The highest BCUT2D eigenvalue weighted by atomic mass is 35.5. The number of nitrogens with zero attached hydrogens (tertiary/aromatic N) is 2. The summed E-state index contributed by atoms with van der Waals surface area (Å²) in [5, 5.41) is 10.5. The molecule has 1 aliphatic rings. The summed E-state index contributed by atoms with van der Waals surface area (Å²) < 4.78 is 0. The van der Waals surface area contributed by atoms with Gasteiger partial charge >= 0.3 is 6.03 Å². The zero-order chi connectivity index (χ0) is 22.0. The normalized spacial score (nSPS) is 15.8. The van der Waals surface area contributed by atoms with Gasteiger partial charge in [-0.1, -0.05) is 73.4 Å². The first-order chi connectivity index (χ1) is 14.9. The van der Waals surface area contributed by atoms with Crippen molar-refractivity contribution in [1.29, 1.82) is 0 Å². The van der Waals surface area contributed by atoms with Gasteiger partial charge in [-0.05, 0) is 59.0 Å². The van der Waals surface area contributed by atoms with Gasteiger partial charge in [0, 0.05) is 22.2 Å². The summed E-state index contributed by atoms with van der Waals surface area (Å²) in [6.45, 7) is 4.28. The molecule has 0 saturated heterocycles. The van der Waals surface area contributed by atoms with Gasteiger partial charge in [-0.25, -0.2) is 9.80 Å². The molecule has 2 amide bonds. The quantitative estimate of drug-likeness (QED) is 0.438. The van der Waals surface area contributed by atoms with Gasteiger partial charge in [-0.15, -0.1) is 0 Å². The predicted molar refractivity (Wildman–Crippen MR) is 128 cm³/mol. The Balaban J connectivity index is 1.61. The second kappa shape index (κ2) is 9.13. The van der Waals surface area contributed by atoms with E-state index in [0.717, 1.165) is 22.5 Å². The molecular weight excluding hydrogens is 429 g/mol. The number of hydrogen-bond acceptors (Lipinski definition) is 2. The summed E-state index contributed by atoms with van der Waals surface area (Å²) in [6, 6.07) is 22.4. The topological polar surface area (TPSA) is 44.7 Å². The molecule has 0 bridgehead atoms. The average Bonchev–Trinajstić information content (AvgIpc) is 3.21. The fraction of sp³-hybridized carbons (Fsp3) is 0.200. The van der Waals surface area contributed by atoms with E-state index in [2.05, 4.69) is 24.3 Å². The molecule has 0 aliphatic carbocycles. The molecule has 1 aliphatic heterocycles. The van der Waals surface area contributed by atoms with Gasteiger partial charge < -0.3 is 5.32 Å². The number of nitrogens with one attached hydrogen (secondary N) is 1. The first kappa shape index (κ1) is 21.4. The number of hydrogen-bond donors (Lipinski definition) is 1. The van der Waals surface area contributed by atoms with E-state index in [1.165, 1.54) is 10.6 Å². The lowest BCUT2D eigenvalue weighted by atomic mass is 9.98. The minimum atomic E-state index is -0.277. The molecule has 4 rings (SSSR count). The number of amides is 2. The Kier molecular flexibility index (Phi) is 6.30. The molecule has 1 N–H and O–H groups in total. The third-order valence-electron chi connectivity index (χ3n) is 5.38. The Morgan fingerprint density at radius 2 is 1.52 bits per heavy atom. The predicted octanol–water partition coefficient (Wildman–Crippen LogP) is 7.50. The molecule has 4 nitrogen and oxygen atoms in total. The van der Waals surface area contributed by atoms with Crippen LogP contribution in [-0.2, 0) is 0 Å². The largest absolute Gasteiger partial charge is 0.342 e. The van der Waals surface area contributed by atoms with Crippen LogP contribution in [-0.4, -0.2) is 16.8 Å². The maximum absolute atomic E-state index is 13.2. The van der Waals surface area contributed by atoms with Gasteiger partial charge in [-0.2, -0.15) is 5.10 Å². The van der Waals surface area contributed by atoms with E-state index in [9.17, 15) is 4.79 Å². The third-order valence-corrected chi connectivity index (χ3v) is 5.88. The van der Waals surface area contributed by atoms with E-state index < -0.39 is 0 Å². The highest BCUT2D eigenvalue weighted by Crippen LogP contribution is 2.34. The average molecular weight is 452 g/mol. The molecule has 1 heterocycles. The lowest BCUT2D eigenvalue weighted by molar-refractivity contribution is 0.200. The first-order valence-electron chi connectivity index (χ1n) is 10.2. The van der Waals surface area contributed by atoms with Crippen molar-refractivity contribution in [2.75, 3.05) is 5.32 Å². The second-order valence-electron chi connectivity index (χ2n) is 7.88. The Morgan fingerprint density at radius 1 is 0.935 bits per heavy atom. The number of anilines is 1. The molecule has 0 spiro atoms. The summed E-state index contributed by atoms with van der Waals surface area (Å²) in [7, 11) is 0. The molecule has 0 fully saturated rings. The fourth-order valence-corrected chi connectivity index (χ4v) is 3.84. The van der Waals surface area contributed by atoms with E-state index in [-0.39, 0.29) is 12.1 Å². The highest BCUT2D eigenvalue weighted by Gasteiger charge is 2.33. The van der Waals surface area contributed by atoms with E-state index in [1.54, 1.807) is 0 Å². The molecule has 31 heavy (non-hydrogen) atoms. The number of carbonyl (C=O) groups excluding carboxylic acids is 1. The Labute approximate surface area is 192 Å². The van der Waals surface area contributed by atoms with Crippen LogP contribution in [0.15, 0.2) is 77.9 Å².